The minimum Gasteiger partial charge on any atom is -0.494 e. The SMILES string of the molecule is CCCCCOc1ccc(Cn2c(CC)nc(Cl)c2C=CC(=O)NS(=O)(=O)C=Cc2ccccc2)c(Cl)c1. The fourth-order valence-corrected chi connectivity index (χ4v) is 4.89. The molecular weight excluding hydrogens is 545 g/mol. The number of carbonyl (C=O) groups is 1. The zero-order valence-corrected chi connectivity index (χ0v) is 23.7. The number of halogens is 2. The average Bonchev–Trinajstić information content (AvgIpc) is 3.20. The first kappa shape index (κ1) is 29.5. The standard InChI is InChI=1S/C28H31Cl2N3O4S/c1-3-5-9-17-37-23-13-12-22(24(29)19-23)20-33-25(28(30)31-26(33)4-2)14-15-27(34)32-38(35,36)18-16-21-10-7-6-8-11-21/h6-8,10-16,18-19H,3-5,9,17,20H2,1-2H3,(H,32,34). The molecule has 38 heavy (non-hydrogen) atoms. The van der Waals surface area contributed by atoms with Crippen molar-refractivity contribution in [3.8, 4) is 5.75 Å². The number of amides is 1. The van der Waals surface area contributed by atoms with Gasteiger partial charge in [-0.2, -0.15) is 0 Å². The van der Waals surface area contributed by atoms with Gasteiger partial charge in [-0.05, 0) is 41.8 Å². The number of imidazole rings is 1. The first-order chi connectivity index (χ1) is 18.2. The molecule has 0 saturated carbocycles. The van der Waals surface area contributed by atoms with Crippen molar-refractivity contribution in [1.82, 2.24) is 14.3 Å². The van der Waals surface area contributed by atoms with Crippen LogP contribution in [-0.2, 0) is 27.8 Å². The summed E-state index contributed by atoms with van der Waals surface area (Å²) in [7, 11) is -3.99. The molecule has 2 aromatic carbocycles. The van der Waals surface area contributed by atoms with Crippen LogP contribution in [0.5, 0.6) is 5.75 Å². The van der Waals surface area contributed by atoms with Gasteiger partial charge in [-0.25, -0.2) is 18.1 Å². The Kier molecular flexibility index (Phi) is 11.0. The maximum Gasteiger partial charge on any atom is 0.257 e. The van der Waals surface area contributed by atoms with E-state index in [2.05, 4.69) is 11.9 Å². The number of sulfonamides is 1. The quantitative estimate of drug-likeness (QED) is 0.185. The van der Waals surface area contributed by atoms with Crippen molar-refractivity contribution in [1.29, 1.82) is 0 Å². The van der Waals surface area contributed by atoms with Crippen molar-refractivity contribution in [3.05, 3.63) is 92.8 Å². The third-order valence-electron chi connectivity index (χ3n) is 5.60. The monoisotopic (exact) mass is 575 g/mol. The van der Waals surface area contributed by atoms with Gasteiger partial charge in [0.15, 0.2) is 5.15 Å². The zero-order chi connectivity index (χ0) is 27.5. The van der Waals surface area contributed by atoms with Crippen LogP contribution in [0.1, 0.15) is 55.8 Å². The lowest BCUT2D eigenvalue weighted by Gasteiger charge is -2.13. The van der Waals surface area contributed by atoms with Gasteiger partial charge >= 0.3 is 0 Å². The van der Waals surface area contributed by atoms with E-state index in [1.807, 2.05) is 34.4 Å². The fraction of sp³-hybridized carbons (Fsp3) is 0.286. The van der Waals surface area contributed by atoms with Crippen LogP contribution in [0.25, 0.3) is 12.2 Å². The Morgan fingerprint density at radius 3 is 2.53 bits per heavy atom. The molecule has 0 aliphatic carbocycles. The molecule has 1 amide bonds. The number of hydrogen-bond donors (Lipinski definition) is 1. The lowest BCUT2D eigenvalue weighted by molar-refractivity contribution is -0.114. The van der Waals surface area contributed by atoms with Gasteiger partial charge in [0.1, 0.15) is 11.6 Å². The Morgan fingerprint density at radius 2 is 1.84 bits per heavy atom. The van der Waals surface area contributed by atoms with Crippen LogP contribution in [0.4, 0.5) is 0 Å². The third kappa shape index (κ3) is 8.75. The van der Waals surface area contributed by atoms with E-state index >= 15 is 0 Å². The number of hydrogen-bond acceptors (Lipinski definition) is 5. The highest BCUT2D eigenvalue weighted by Gasteiger charge is 2.16. The molecule has 202 valence electrons. The number of aromatic nitrogens is 2. The molecule has 0 fully saturated rings. The molecule has 1 aromatic heterocycles. The molecule has 1 heterocycles. The molecule has 0 atom stereocenters. The average molecular weight is 577 g/mol. The zero-order valence-electron chi connectivity index (χ0n) is 21.4. The lowest BCUT2D eigenvalue weighted by Crippen LogP contribution is -2.26. The van der Waals surface area contributed by atoms with Gasteiger partial charge in [0.05, 0.1) is 24.3 Å². The van der Waals surface area contributed by atoms with Gasteiger partial charge in [0.2, 0.25) is 0 Å². The minimum atomic E-state index is -3.99. The molecule has 0 bridgehead atoms. The second-order valence-electron chi connectivity index (χ2n) is 8.51. The number of rotatable bonds is 13. The number of aryl methyl sites for hydroxylation is 1. The molecule has 10 heteroatoms. The van der Waals surface area contributed by atoms with Crippen molar-refractivity contribution in [2.45, 2.75) is 46.1 Å². The minimum absolute atomic E-state index is 0.199. The van der Waals surface area contributed by atoms with E-state index in [1.165, 1.54) is 12.2 Å². The molecule has 7 nitrogen and oxygen atoms in total. The number of ether oxygens (including phenoxy) is 1. The summed E-state index contributed by atoms with van der Waals surface area (Å²) in [6.45, 7) is 5.07. The maximum atomic E-state index is 12.4. The van der Waals surface area contributed by atoms with Crippen LogP contribution in [-0.4, -0.2) is 30.5 Å². The number of benzene rings is 2. The highest BCUT2D eigenvalue weighted by Crippen LogP contribution is 2.27. The molecule has 0 unspecified atom stereocenters. The summed E-state index contributed by atoms with van der Waals surface area (Å²) < 4.78 is 34.2. The van der Waals surface area contributed by atoms with Crippen LogP contribution in [0, 0.1) is 0 Å². The lowest BCUT2D eigenvalue weighted by atomic mass is 10.2. The molecule has 3 rings (SSSR count). The largest absolute Gasteiger partial charge is 0.494 e. The van der Waals surface area contributed by atoms with Crippen LogP contribution in [0.2, 0.25) is 10.2 Å². The Labute approximate surface area is 234 Å². The smallest absolute Gasteiger partial charge is 0.257 e. The summed E-state index contributed by atoms with van der Waals surface area (Å²) in [6, 6.07) is 14.4. The molecule has 0 spiro atoms. The summed E-state index contributed by atoms with van der Waals surface area (Å²) in [4.78, 5) is 16.8. The Morgan fingerprint density at radius 1 is 1.08 bits per heavy atom. The number of nitrogens with one attached hydrogen (secondary N) is 1. The maximum absolute atomic E-state index is 12.4. The summed E-state index contributed by atoms with van der Waals surface area (Å²) >= 11 is 12.9. The molecule has 0 aliphatic heterocycles. The van der Waals surface area contributed by atoms with Gasteiger partial charge in [-0.1, -0.05) is 86.3 Å². The summed E-state index contributed by atoms with van der Waals surface area (Å²) in [6.07, 6.45) is 7.77. The van der Waals surface area contributed by atoms with Crippen LogP contribution < -0.4 is 9.46 Å². The summed E-state index contributed by atoms with van der Waals surface area (Å²) in [5.74, 6) is 0.588. The Hall–Kier alpha value is -3.07. The van der Waals surface area contributed by atoms with E-state index in [1.54, 1.807) is 30.3 Å². The van der Waals surface area contributed by atoms with Gasteiger partial charge in [-0.15, -0.1) is 0 Å². The Bertz CT molecular complexity index is 1400. The predicted molar refractivity (Wildman–Crippen MR) is 154 cm³/mol. The number of carbonyl (C=O) groups excluding carboxylic acids is 1. The van der Waals surface area contributed by atoms with Crippen LogP contribution in [0.3, 0.4) is 0 Å². The van der Waals surface area contributed by atoms with Crippen molar-refractivity contribution in [2.24, 2.45) is 0 Å². The Balaban J connectivity index is 1.73. The van der Waals surface area contributed by atoms with Crippen molar-refractivity contribution < 1.29 is 17.9 Å². The van der Waals surface area contributed by atoms with E-state index in [9.17, 15) is 13.2 Å². The molecule has 0 saturated heterocycles. The molecule has 1 N–H and O–H groups in total. The molecule has 3 aromatic rings. The van der Waals surface area contributed by atoms with E-state index in [0.717, 1.165) is 36.3 Å². The highest BCUT2D eigenvalue weighted by atomic mass is 35.5. The molecule has 0 aliphatic rings. The third-order valence-corrected chi connectivity index (χ3v) is 7.21. The summed E-state index contributed by atoms with van der Waals surface area (Å²) in [5.41, 5.74) is 1.98. The molecule has 0 radical (unpaired) electrons. The van der Waals surface area contributed by atoms with Crippen molar-refractivity contribution in [2.75, 3.05) is 6.61 Å². The highest BCUT2D eigenvalue weighted by molar-refractivity contribution is 7.93. The van der Waals surface area contributed by atoms with Gasteiger partial charge in [0, 0.05) is 17.5 Å². The van der Waals surface area contributed by atoms with Crippen LogP contribution in [0.15, 0.2) is 60.0 Å². The van der Waals surface area contributed by atoms with Crippen molar-refractivity contribution >= 4 is 51.3 Å². The number of unbranched alkanes of at least 4 members (excludes halogenated alkanes) is 2. The normalized spacial score (nSPS) is 11.9. The van der Waals surface area contributed by atoms with E-state index in [-0.39, 0.29) is 5.15 Å². The summed E-state index contributed by atoms with van der Waals surface area (Å²) in [5, 5.41) is 1.68. The fourth-order valence-electron chi connectivity index (χ4n) is 3.64. The van der Waals surface area contributed by atoms with Crippen LogP contribution >= 0.6 is 23.2 Å². The van der Waals surface area contributed by atoms with E-state index < -0.39 is 15.9 Å². The van der Waals surface area contributed by atoms with Gasteiger partial charge in [0.25, 0.3) is 15.9 Å². The van der Waals surface area contributed by atoms with E-state index in [0.29, 0.717) is 47.4 Å². The first-order valence-electron chi connectivity index (χ1n) is 12.4. The topological polar surface area (TPSA) is 90.3 Å². The van der Waals surface area contributed by atoms with Gasteiger partial charge < -0.3 is 9.30 Å². The van der Waals surface area contributed by atoms with Gasteiger partial charge in [-0.3, -0.25) is 4.79 Å². The van der Waals surface area contributed by atoms with Crippen molar-refractivity contribution in [3.63, 3.8) is 0 Å². The second-order valence-corrected chi connectivity index (χ2v) is 10.8. The second kappa shape index (κ2) is 14.2. The predicted octanol–water partition coefficient (Wildman–Crippen LogP) is 6.50. The molecular formula is C28H31Cl2N3O4S. The van der Waals surface area contributed by atoms with E-state index in [4.69, 9.17) is 27.9 Å². The number of nitrogens with zero attached hydrogens (tertiary/aromatic N) is 2. The first-order valence-corrected chi connectivity index (χ1v) is 14.7.